The predicted molar refractivity (Wildman–Crippen MR) is 56.0 cm³/mol. The number of nitrogens with two attached hydrogens (primary N) is 2. The summed E-state index contributed by atoms with van der Waals surface area (Å²) in [5.41, 5.74) is 12.8. The maximum atomic E-state index is 9.35. The summed E-state index contributed by atoms with van der Waals surface area (Å²) in [5, 5.41) is 9.35. The quantitative estimate of drug-likeness (QED) is 0.620. The van der Waals surface area contributed by atoms with Gasteiger partial charge in [-0.3, -0.25) is 0 Å². The van der Waals surface area contributed by atoms with E-state index in [2.05, 4.69) is 0 Å². The minimum absolute atomic E-state index is 0.453. The second kappa shape index (κ2) is 4.30. The van der Waals surface area contributed by atoms with Gasteiger partial charge in [0.05, 0.1) is 19.3 Å². The normalized spacial score (nSPS) is 14.9. The van der Waals surface area contributed by atoms with Crippen LogP contribution in [0.25, 0.3) is 0 Å². The fourth-order valence-electron chi connectivity index (χ4n) is 1.26. The molecule has 0 amide bonds. The maximum Gasteiger partial charge on any atom is 0.125 e. The molecule has 0 saturated carbocycles. The lowest BCUT2D eigenvalue weighted by molar-refractivity contribution is 0.162. The van der Waals surface area contributed by atoms with Crippen LogP contribution in [0, 0.1) is 0 Å². The van der Waals surface area contributed by atoms with Gasteiger partial charge in [-0.2, -0.15) is 0 Å². The molecule has 0 fully saturated rings. The van der Waals surface area contributed by atoms with E-state index in [1.165, 1.54) is 0 Å². The van der Waals surface area contributed by atoms with Gasteiger partial charge in [0.1, 0.15) is 5.75 Å². The molecule has 0 heterocycles. The Hall–Kier alpha value is -1.26. The number of hydrogen-bond donors (Lipinski definition) is 3. The van der Waals surface area contributed by atoms with E-state index in [4.69, 9.17) is 16.2 Å². The van der Waals surface area contributed by atoms with Gasteiger partial charge in [-0.25, -0.2) is 0 Å². The largest absolute Gasteiger partial charge is 0.496 e. The molecule has 0 spiro atoms. The average molecular weight is 196 g/mol. The summed E-state index contributed by atoms with van der Waals surface area (Å²) in [6.45, 7) is 1.64. The summed E-state index contributed by atoms with van der Waals surface area (Å²) in [5.74, 6) is 0.610. The molecule has 78 valence electrons. The highest BCUT2D eigenvalue weighted by Gasteiger charge is 2.16. The Morgan fingerprint density at radius 3 is 2.57 bits per heavy atom. The zero-order valence-electron chi connectivity index (χ0n) is 8.40. The summed E-state index contributed by atoms with van der Waals surface area (Å²) < 4.78 is 5.13. The van der Waals surface area contributed by atoms with Crippen molar-refractivity contribution >= 4 is 5.69 Å². The van der Waals surface area contributed by atoms with E-state index in [1.54, 1.807) is 32.2 Å². The molecule has 14 heavy (non-hydrogen) atoms. The molecule has 0 aliphatic heterocycles. The van der Waals surface area contributed by atoms with Gasteiger partial charge in [-0.05, 0) is 13.0 Å². The number of nitrogen functional groups attached to an aromatic ring is 1. The van der Waals surface area contributed by atoms with E-state index >= 15 is 0 Å². The third-order valence-corrected chi connectivity index (χ3v) is 2.14. The Balaban J connectivity index is 3.07. The van der Waals surface area contributed by atoms with Crippen molar-refractivity contribution in [2.75, 3.05) is 12.8 Å². The highest BCUT2D eigenvalue weighted by Crippen LogP contribution is 2.27. The van der Waals surface area contributed by atoms with E-state index in [1.807, 2.05) is 0 Å². The van der Waals surface area contributed by atoms with Gasteiger partial charge in [-0.15, -0.1) is 0 Å². The number of rotatable bonds is 3. The van der Waals surface area contributed by atoms with Gasteiger partial charge in [0.25, 0.3) is 0 Å². The monoisotopic (exact) mass is 196 g/mol. The predicted octanol–water partition coefficient (Wildman–Crippen LogP) is 0.658. The minimum Gasteiger partial charge on any atom is -0.496 e. The van der Waals surface area contributed by atoms with Crippen molar-refractivity contribution < 1.29 is 9.84 Å². The molecule has 2 unspecified atom stereocenters. The lowest BCUT2D eigenvalue weighted by atomic mass is 10.0. The van der Waals surface area contributed by atoms with E-state index in [9.17, 15) is 5.11 Å². The fourth-order valence-corrected chi connectivity index (χ4v) is 1.26. The number of anilines is 1. The van der Waals surface area contributed by atoms with Crippen LogP contribution in [-0.4, -0.2) is 18.3 Å². The molecule has 4 heteroatoms. The van der Waals surface area contributed by atoms with Crippen LogP contribution < -0.4 is 16.2 Å². The van der Waals surface area contributed by atoms with E-state index in [0.717, 1.165) is 5.56 Å². The van der Waals surface area contributed by atoms with Gasteiger partial charge >= 0.3 is 0 Å². The van der Waals surface area contributed by atoms with Gasteiger partial charge in [0, 0.05) is 17.3 Å². The maximum absolute atomic E-state index is 9.35. The zero-order chi connectivity index (χ0) is 10.7. The molecule has 4 nitrogen and oxygen atoms in total. The second-order valence-electron chi connectivity index (χ2n) is 3.27. The number of aliphatic hydroxyl groups is 1. The summed E-state index contributed by atoms with van der Waals surface area (Å²) >= 11 is 0. The van der Waals surface area contributed by atoms with Crippen molar-refractivity contribution in [2.45, 2.75) is 19.1 Å². The molecule has 1 aromatic rings. The number of methoxy groups -OCH3 is 1. The van der Waals surface area contributed by atoms with E-state index in [-0.39, 0.29) is 0 Å². The first-order chi connectivity index (χ1) is 6.56. The standard InChI is InChI=1S/C10H16N2O2/c1-6(13)10(12)8-4-3-7(11)5-9(8)14-2/h3-6,10,13H,11-12H2,1-2H3. The fraction of sp³-hybridized carbons (Fsp3) is 0.400. The summed E-state index contributed by atoms with van der Waals surface area (Å²) in [6.07, 6.45) is -0.618. The van der Waals surface area contributed by atoms with Crippen molar-refractivity contribution in [3.8, 4) is 5.75 Å². The Kier molecular flexibility index (Phi) is 3.33. The Morgan fingerprint density at radius 1 is 1.43 bits per heavy atom. The number of hydrogen-bond acceptors (Lipinski definition) is 4. The van der Waals surface area contributed by atoms with Crippen LogP contribution in [0.5, 0.6) is 5.75 Å². The topological polar surface area (TPSA) is 81.5 Å². The van der Waals surface area contributed by atoms with Crippen molar-refractivity contribution in [3.63, 3.8) is 0 Å². The van der Waals surface area contributed by atoms with Crippen LogP contribution in [0.15, 0.2) is 18.2 Å². The molecule has 5 N–H and O–H groups in total. The molecular formula is C10H16N2O2. The molecule has 0 aliphatic rings. The highest BCUT2D eigenvalue weighted by molar-refractivity contribution is 5.49. The number of benzene rings is 1. The molecule has 0 radical (unpaired) electrons. The number of ether oxygens (including phenoxy) is 1. The Morgan fingerprint density at radius 2 is 2.07 bits per heavy atom. The Bertz CT molecular complexity index is 313. The molecule has 0 aliphatic carbocycles. The van der Waals surface area contributed by atoms with Crippen LogP contribution in [0.4, 0.5) is 5.69 Å². The first-order valence-corrected chi connectivity index (χ1v) is 4.43. The van der Waals surface area contributed by atoms with Crippen LogP contribution in [0.2, 0.25) is 0 Å². The SMILES string of the molecule is COc1cc(N)ccc1C(N)C(C)O. The molecule has 1 rings (SSSR count). The summed E-state index contributed by atoms with van der Waals surface area (Å²) in [6, 6.07) is 4.74. The second-order valence-corrected chi connectivity index (χ2v) is 3.27. The Labute approximate surface area is 83.5 Å². The highest BCUT2D eigenvalue weighted by atomic mass is 16.5. The molecule has 0 bridgehead atoms. The van der Waals surface area contributed by atoms with Crippen molar-refractivity contribution in [1.82, 2.24) is 0 Å². The van der Waals surface area contributed by atoms with Gasteiger partial charge in [0.15, 0.2) is 0 Å². The summed E-state index contributed by atoms with van der Waals surface area (Å²) in [4.78, 5) is 0. The van der Waals surface area contributed by atoms with Gasteiger partial charge in [-0.1, -0.05) is 6.07 Å². The van der Waals surface area contributed by atoms with Crippen molar-refractivity contribution in [1.29, 1.82) is 0 Å². The average Bonchev–Trinajstić information content (AvgIpc) is 2.16. The van der Waals surface area contributed by atoms with Crippen LogP contribution in [0.1, 0.15) is 18.5 Å². The third kappa shape index (κ3) is 2.16. The number of aliphatic hydroxyl groups excluding tert-OH is 1. The van der Waals surface area contributed by atoms with Gasteiger partial charge < -0.3 is 21.3 Å². The van der Waals surface area contributed by atoms with Crippen molar-refractivity contribution in [3.05, 3.63) is 23.8 Å². The molecular weight excluding hydrogens is 180 g/mol. The zero-order valence-corrected chi connectivity index (χ0v) is 8.40. The van der Waals surface area contributed by atoms with Crippen LogP contribution in [-0.2, 0) is 0 Å². The first-order valence-electron chi connectivity index (χ1n) is 4.43. The molecule has 1 aromatic carbocycles. The molecule has 2 atom stereocenters. The first kappa shape index (κ1) is 10.8. The lowest BCUT2D eigenvalue weighted by Gasteiger charge is -2.18. The smallest absolute Gasteiger partial charge is 0.125 e. The van der Waals surface area contributed by atoms with Crippen LogP contribution in [0.3, 0.4) is 0 Å². The summed E-state index contributed by atoms with van der Waals surface area (Å²) in [7, 11) is 1.55. The van der Waals surface area contributed by atoms with E-state index in [0.29, 0.717) is 11.4 Å². The molecule has 0 saturated heterocycles. The van der Waals surface area contributed by atoms with Crippen LogP contribution >= 0.6 is 0 Å². The lowest BCUT2D eigenvalue weighted by Crippen LogP contribution is -2.23. The van der Waals surface area contributed by atoms with E-state index < -0.39 is 12.1 Å². The third-order valence-electron chi connectivity index (χ3n) is 2.14. The minimum atomic E-state index is -0.618. The van der Waals surface area contributed by atoms with Gasteiger partial charge in [0.2, 0.25) is 0 Å². The van der Waals surface area contributed by atoms with Crippen molar-refractivity contribution in [2.24, 2.45) is 5.73 Å². The molecule has 0 aromatic heterocycles.